The summed E-state index contributed by atoms with van der Waals surface area (Å²) in [5.74, 6) is 0. The van der Waals surface area contributed by atoms with E-state index in [9.17, 15) is 0 Å². The molecule has 0 atom stereocenters. The van der Waals surface area contributed by atoms with Gasteiger partial charge in [-0.15, -0.1) is 0 Å². The van der Waals surface area contributed by atoms with Crippen LogP contribution in [0.1, 0.15) is 103 Å². The molecule has 0 amide bonds. The van der Waals surface area contributed by atoms with Crippen molar-refractivity contribution in [1.29, 1.82) is 0 Å². The summed E-state index contributed by atoms with van der Waals surface area (Å²) in [5.41, 5.74) is 0. The highest BCUT2D eigenvalue weighted by atomic mass is 15.5. The van der Waals surface area contributed by atoms with Gasteiger partial charge in [0.1, 0.15) is 0 Å². The molecular weight excluding hydrogens is 272 g/mol. The van der Waals surface area contributed by atoms with Crippen LogP contribution < -0.4 is 0 Å². The zero-order valence-corrected chi connectivity index (χ0v) is 14.5. The van der Waals surface area contributed by atoms with Crippen LogP contribution >= 0.6 is 0 Å². The lowest BCUT2D eigenvalue weighted by molar-refractivity contribution is 0.527. The first-order chi connectivity index (χ1) is 11.0. The zero-order valence-electron chi connectivity index (χ0n) is 14.5. The minimum atomic E-state index is 0.805. The number of nitrogens with zero attached hydrogens (tertiary/aromatic N) is 4. The second-order valence-corrected chi connectivity index (χ2v) is 6.57. The molecule has 0 saturated heterocycles. The van der Waals surface area contributed by atoms with E-state index in [0.29, 0.717) is 0 Å². The Labute approximate surface area is 137 Å². The predicted octanol–water partition coefficient (Wildman–Crippen LogP) is 7.06. The highest BCUT2D eigenvalue weighted by molar-refractivity contribution is 4.51. The lowest BCUT2D eigenvalue weighted by atomic mass is 10.0. The topological polar surface area (TPSA) is 49.4 Å². The van der Waals surface area contributed by atoms with Gasteiger partial charge in [-0.25, -0.2) is 0 Å². The average molecular weight is 309 g/mol. The molecule has 0 aromatic rings. The minimum Gasteiger partial charge on any atom is -0.167 e. The van der Waals surface area contributed by atoms with Gasteiger partial charge < -0.3 is 0 Å². The summed E-state index contributed by atoms with van der Waals surface area (Å²) >= 11 is 0. The van der Waals surface area contributed by atoms with E-state index >= 15 is 0 Å². The zero-order chi connectivity index (χ0) is 15.6. The highest BCUT2D eigenvalue weighted by Crippen LogP contribution is 2.13. The van der Waals surface area contributed by atoms with Gasteiger partial charge in [0.15, 0.2) is 0 Å². The van der Waals surface area contributed by atoms with Crippen molar-refractivity contribution in [2.45, 2.75) is 103 Å². The molecule has 4 nitrogen and oxygen atoms in total. The smallest absolute Gasteiger partial charge is 0.0621 e. The fourth-order valence-electron chi connectivity index (χ4n) is 2.99. The predicted molar refractivity (Wildman–Crippen MR) is 93.3 cm³/mol. The van der Waals surface area contributed by atoms with Gasteiger partial charge in [0, 0.05) is 0 Å². The summed E-state index contributed by atoms with van der Waals surface area (Å²) in [6.07, 6.45) is 21.8. The van der Waals surface area contributed by atoms with Gasteiger partial charge >= 0.3 is 0 Å². The van der Waals surface area contributed by atoms with Crippen molar-refractivity contribution in [3.05, 3.63) is 0 Å². The van der Waals surface area contributed by atoms with Gasteiger partial charge in [-0.1, -0.05) is 89.9 Å². The van der Waals surface area contributed by atoms with E-state index in [4.69, 9.17) is 0 Å². The number of rotatable bonds is 0. The Hall–Kier alpha value is -0.800. The molecule has 0 saturated carbocycles. The van der Waals surface area contributed by atoms with Crippen LogP contribution in [0.4, 0.5) is 0 Å². The lowest BCUT2D eigenvalue weighted by Gasteiger charge is -2.03. The lowest BCUT2D eigenvalue weighted by Crippen LogP contribution is -1.85. The first-order valence-electron chi connectivity index (χ1n) is 9.73. The Balaban J connectivity index is 2.10. The van der Waals surface area contributed by atoms with Crippen LogP contribution in [0.3, 0.4) is 0 Å². The average Bonchev–Trinajstić information content (AvgIpc) is 2.53. The van der Waals surface area contributed by atoms with Gasteiger partial charge in [-0.05, 0) is 23.3 Å². The maximum Gasteiger partial charge on any atom is 0.0621 e. The minimum absolute atomic E-state index is 0.805. The van der Waals surface area contributed by atoms with Crippen LogP contribution in [0.25, 0.3) is 0 Å². The summed E-state index contributed by atoms with van der Waals surface area (Å²) in [4.78, 5) is 0. The third-order valence-corrected chi connectivity index (χ3v) is 4.43. The van der Waals surface area contributed by atoms with Crippen LogP contribution in [0.2, 0.25) is 0 Å². The van der Waals surface area contributed by atoms with Crippen LogP contribution in [-0.4, -0.2) is 13.1 Å². The fraction of sp³-hybridized carbons (Fsp3) is 1.00. The third kappa shape index (κ3) is 14.2. The fourth-order valence-corrected chi connectivity index (χ4v) is 2.99. The maximum atomic E-state index is 4.05. The van der Waals surface area contributed by atoms with Gasteiger partial charge in [0.25, 0.3) is 0 Å². The highest BCUT2D eigenvalue weighted by Gasteiger charge is 1.95. The molecule has 0 fully saturated rings. The van der Waals surface area contributed by atoms with Crippen molar-refractivity contribution in [3.8, 4) is 0 Å². The first-order valence-corrected chi connectivity index (χ1v) is 9.73. The Bertz CT molecular complexity index is 248. The van der Waals surface area contributed by atoms with Crippen molar-refractivity contribution in [2.75, 3.05) is 13.1 Å². The monoisotopic (exact) mass is 308 g/mol. The van der Waals surface area contributed by atoms with Crippen molar-refractivity contribution in [1.82, 2.24) is 0 Å². The standard InChI is InChI=1S/C18H36N4/c1-2-4-6-8-10-12-14-16-18-20-22-21-19-17-15-13-11-9-7-5-3-1/h1-18H2. The van der Waals surface area contributed by atoms with Crippen molar-refractivity contribution in [2.24, 2.45) is 20.7 Å². The Kier molecular flexibility index (Phi) is 14.5. The molecule has 0 radical (unpaired) electrons. The molecule has 1 rings (SSSR count). The third-order valence-electron chi connectivity index (χ3n) is 4.43. The molecule has 128 valence electrons. The van der Waals surface area contributed by atoms with Crippen LogP contribution in [0, 0.1) is 0 Å². The van der Waals surface area contributed by atoms with Crippen molar-refractivity contribution < 1.29 is 0 Å². The summed E-state index contributed by atoms with van der Waals surface area (Å²) in [6, 6.07) is 0. The Morgan fingerprint density at radius 3 is 0.773 bits per heavy atom. The van der Waals surface area contributed by atoms with Gasteiger partial charge in [0.05, 0.1) is 13.1 Å². The van der Waals surface area contributed by atoms with E-state index in [-0.39, 0.29) is 0 Å². The summed E-state index contributed by atoms with van der Waals surface area (Å²) in [7, 11) is 0. The van der Waals surface area contributed by atoms with Gasteiger partial charge in [0.2, 0.25) is 0 Å². The molecule has 0 N–H and O–H groups in total. The Morgan fingerprint density at radius 2 is 0.500 bits per heavy atom. The molecule has 0 bridgehead atoms. The molecule has 0 unspecified atom stereocenters. The van der Waals surface area contributed by atoms with E-state index < -0.39 is 0 Å². The Morgan fingerprint density at radius 1 is 0.273 bits per heavy atom. The summed E-state index contributed by atoms with van der Waals surface area (Å²) in [5, 5.41) is 15.6. The molecule has 0 aliphatic carbocycles. The van der Waals surface area contributed by atoms with Gasteiger partial charge in [-0.2, -0.15) is 10.2 Å². The molecule has 22 heavy (non-hydrogen) atoms. The number of hydrogen-bond donors (Lipinski definition) is 0. The molecular formula is C18H36N4. The van der Waals surface area contributed by atoms with E-state index in [2.05, 4.69) is 20.7 Å². The molecule has 1 heterocycles. The van der Waals surface area contributed by atoms with E-state index in [1.54, 1.807) is 0 Å². The molecule has 1 aliphatic rings. The van der Waals surface area contributed by atoms with E-state index in [1.807, 2.05) is 0 Å². The first kappa shape index (κ1) is 19.2. The molecule has 1 aliphatic heterocycles. The molecule has 0 spiro atoms. The maximum absolute atomic E-state index is 4.05. The van der Waals surface area contributed by atoms with Gasteiger partial charge in [-0.3, -0.25) is 0 Å². The summed E-state index contributed by atoms with van der Waals surface area (Å²) in [6.45, 7) is 1.61. The van der Waals surface area contributed by atoms with E-state index in [0.717, 1.165) is 25.9 Å². The normalized spacial score (nSPS) is 22.5. The van der Waals surface area contributed by atoms with Crippen LogP contribution in [0.5, 0.6) is 0 Å². The quantitative estimate of drug-likeness (QED) is 0.460. The SMILES string of the molecule is C1CCCCCCCCCN=NN=NCCCCCCCC1. The van der Waals surface area contributed by atoms with Crippen molar-refractivity contribution >= 4 is 0 Å². The molecule has 0 aromatic heterocycles. The van der Waals surface area contributed by atoms with Crippen LogP contribution in [-0.2, 0) is 0 Å². The van der Waals surface area contributed by atoms with Crippen molar-refractivity contribution in [3.63, 3.8) is 0 Å². The van der Waals surface area contributed by atoms with Crippen LogP contribution in [0.15, 0.2) is 20.7 Å². The second kappa shape index (κ2) is 16.6. The largest absolute Gasteiger partial charge is 0.167 e. The number of hydrogen-bond acceptors (Lipinski definition) is 4. The molecule has 4 heteroatoms. The molecule has 0 aromatic carbocycles. The second-order valence-electron chi connectivity index (χ2n) is 6.57. The summed E-state index contributed by atoms with van der Waals surface area (Å²) < 4.78 is 0. The van der Waals surface area contributed by atoms with E-state index in [1.165, 1.54) is 89.9 Å².